The van der Waals surface area contributed by atoms with Gasteiger partial charge < -0.3 is 14.9 Å². The van der Waals surface area contributed by atoms with Gasteiger partial charge in [-0.05, 0) is 16.4 Å². The van der Waals surface area contributed by atoms with Crippen LogP contribution in [0.25, 0.3) is 10.8 Å². The Morgan fingerprint density at radius 1 is 1.20 bits per heavy atom. The third-order valence-corrected chi connectivity index (χ3v) is 3.00. The van der Waals surface area contributed by atoms with E-state index in [-0.39, 0.29) is 11.7 Å². The molecule has 0 unspecified atom stereocenters. The standard InChI is InChI=1S/C14H11N3O3/c1-16-9-15-13(14(16)17(18)19)20-12-8-4-6-10-5-2-3-7-11(10)12/h2-9H,1H3. The third-order valence-electron chi connectivity index (χ3n) is 3.00. The van der Waals surface area contributed by atoms with Gasteiger partial charge in [-0.25, -0.2) is 4.57 Å². The Bertz CT molecular complexity index is 790. The second kappa shape index (κ2) is 4.65. The number of benzene rings is 2. The lowest BCUT2D eigenvalue weighted by Crippen LogP contribution is -1.98. The highest BCUT2D eigenvalue weighted by Gasteiger charge is 2.22. The molecule has 3 aromatic rings. The molecule has 0 amide bonds. The van der Waals surface area contributed by atoms with E-state index in [1.54, 1.807) is 13.1 Å². The minimum absolute atomic E-state index is 0.00569. The van der Waals surface area contributed by atoms with Gasteiger partial charge in [0.1, 0.15) is 5.75 Å². The van der Waals surface area contributed by atoms with Crippen molar-refractivity contribution in [1.29, 1.82) is 0 Å². The third kappa shape index (κ3) is 1.97. The summed E-state index contributed by atoms with van der Waals surface area (Å²) in [5, 5.41) is 12.9. The van der Waals surface area contributed by atoms with Crippen molar-refractivity contribution in [3.8, 4) is 11.6 Å². The molecule has 0 saturated carbocycles. The van der Waals surface area contributed by atoms with Crippen LogP contribution >= 0.6 is 0 Å². The number of rotatable bonds is 3. The SMILES string of the molecule is Cn1cnc(Oc2cccc3ccccc23)c1[N+](=O)[O-]. The van der Waals surface area contributed by atoms with Gasteiger partial charge in [0.25, 0.3) is 0 Å². The van der Waals surface area contributed by atoms with Crippen molar-refractivity contribution in [2.24, 2.45) is 7.05 Å². The normalized spacial score (nSPS) is 10.7. The minimum atomic E-state index is -0.506. The molecule has 100 valence electrons. The molecular weight excluding hydrogens is 258 g/mol. The highest BCUT2D eigenvalue weighted by atomic mass is 16.6. The molecule has 6 heteroatoms. The maximum atomic E-state index is 11.0. The Morgan fingerprint density at radius 2 is 1.95 bits per heavy atom. The van der Waals surface area contributed by atoms with Crippen LogP contribution in [0.3, 0.4) is 0 Å². The lowest BCUT2D eigenvalue weighted by atomic mass is 10.1. The van der Waals surface area contributed by atoms with Crippen molar-refractivity contribution in [3.63, 3.8) is 0 Å². The minimum Gasteiger partial charge on any atom is -0.432 e. The highest BCUT2D eigenvalue weighted by molar-refractivity contribution is 5.88. The fraction of sp³-hybridized carbons (Fsp3) is 0.0714. The average molecular weight is 269 g/mol. The van der Waals surface area contributed by atoms with E-state index in [2.05, 4.69) is 4.98 Å². The number of nitrogens with zero attached hydrogens (tertiary/aromatic N) is 3. The molecule has 3 rings (SSSR count). The maximum absolute atomic E-state index is 11.0. The number of imidazole rings is 1. The molecule has 1 aromatic heterocycles. The molecule has 0 aliphatic carbocycles. The fourth-order valence-electron chi connectivity index (χ4n) is 2.07. The van der Waals surface area contributed by atoms with Gasteiger partial charge >= 0.3 is 11.7 Å². The largest absolute Gasteiger partial charge is 0.432 e. The first-order valence-electron chi connectivity index (χ1n) is 5.98. The van der Waals surface area contributed by atoms with Crippen LogP contribution in [-0.2, 0) is 7.05 Å². The Labute approximate surface area is 114 Å². The number of nitro groups is 1. The van der Waals surface area contributed by atoms with E-state index in [0.717, 1.165) is 10.8 Å². The van der Waals surface area contributed by atoms with Crippen LogP contribution in [0.1, 0.15) is 0 Å². The van der Waals surface area contributed by atoms with Crippen molar-refractivity contribution < 1.29 is 9.66 Å². The molecule has 0 fully saturated rings. The van der Waals surface area contributed by atoms with Gasteiger partial charge in [-0.1, -0.05) is 36.4 Å². The van der Waals surface area contributed by atoms with Crippen LogP contribution in [0.15, 0.2) is 48.8 Å². The van der Waals surface area contributed by atoms with Crippen LogP contribution in [0.5, 0.6) is 11.6 Å². The summed E-state index contributed by atoms with van der Waals surface area (Å²) in [5.74, 6) is 0.372. The van der Waals surface area contributed by atoms with Gasteiger partial charge in [0.2, 0.25) is 0 Å². The van der Waals surface area contributed by atoms with Gasteiger partial charge in [-0.2, -0.15) is 4.98 Å². The van der Waals surface area contributed by atoms with Gasteiger partial charge in [0.15, 0.2) is 6.33 Å². The zero-order valence-electron chi connectivity index (χ0n) is 10.7. The van der Waals surface area contributed by atoms with E-state index < -0.39 is 4.92 Å². The molecule has 2 aromatic carbocycles. The number of hydrogen-bond acceptors (Lipinski definition) is 4. The van der Waals surface area contributed by atoms with Gasteiger partial charge in [-0.3, -0.25) is 0 Å². The molecular formula is C14H11N3O3. The molecule has 6 nitrogen and oxygen atoms in total. The first kappa shape index (κ1) is 12.2. The molecule has 0 atom stereocenters. The van der Waals surface area contributed by atoms with Crippen LogP contribution in [0.2, 0.25) is 0 Å². The topological polar surface area (TPSA) is 70.2 Å². The predicted molar refractivity (Wildman–Crippen MR) is 73.9 cm³/mol. The van der Waals surface area contributed by atoms with Crippen molar-refractivity contribution in [3.05, 3.63) is 58.9 Å². The molecule has 0 N–H and O–H groups in total. The van der Waals surface area contributed by atoms with E-state index in [0.29, 0.717) is 5.75 Å². The average Bonchev–Trinajstić information content (AvgIpc) is 2.80. The molecule has 0 aliphatic heterocycles. The van der Waals surface area contributed by atoms with Gasteiger partial charge in [0, 0.05) is 5.39 Å². The zero-order chi connectivity index (χ0) is 14.1. The number of aromatic nitrogens is 2. The summed E-state index contributed by atoms with van der Waals surface area (Å²) < 4.78 is 6.95. The molecule has 20 heavy (non-hydrogen) atoms. The Hall–Kier alpha value is -2.89. The smallest absolute Gasteiger partial charge is 0.387 e. The summed E-state index contributed by atoms with van der Waals surface area (Å²) >= 11 is 0. The summed E-state index contributed by atoms with van der Waals surface area (Å²) in [6.07, 6.45) is 1.36. The molecule has 0 saturated heterocycles. The zero-order valence-corrected chi connectivity index (χ0v) is 10.7. The number of aryl methyl sites for hydroxylation is 1. The van der Waals surface area contributed by atoms with Crippen LogP contribution < -0.4 is 4.74 Å². The highest BCUT2D eigenvalue weighted by Crippen LogP contribution is 2.33. The first-order chi connectivity index (χ1) is 9.66. The number of fused-ring (bicyclic) bond motifs is 1. The molecule has 0 radical (unpaired) electrons. The van der Waals surface area contributed by atoms with Crippen LogP contribution in [0.4, 0.5) is 5.82 Å². The molecule has 1 heterocycles. The number of hydrogen-bond donors (Lipinski definition) is 0. The van der Waals surface area contributed by atoms with E-state index in [4.69, 9.17) is 4.74 Å². The molecule has 0 aliphatic rings. The van der Waals surface area contributed by atoms with Gasteiger partial charge in [0.05, 0.1) is 7.05 Å². The van der Waals surface area contributed by atoms with E-state index in [1.807, 2.05) is 36.4 Å². The van der Waals surface area contributed by atoms with Crippen molar-refractivity contribution >= 4 is 16.6 Å². The van der Waals surface area contributed by atoms with Crippen LogP contribution in [-0.4, -0.2) is 14.5 Å². The van der Waals surface area contributed by atoms with E-state index in [9.17, 15) is 10.1 Å². The predicted octanol–water partition coefficient (Wildman–Crippen LogP) is 3.27. The number of ether oxygens (including phenoxy) is 1. The summed E-state index contributed by atoms with van der Waals surface area (Å²) in [7, 11) is 1.56. The molecule has 0 spiro atoms. The molecule has 0 bridgehead atoms. The Balaban J connectivity index is 2.08. The Morgan fingerprint density at radius 3 is 2.75 bits per heavy atom. The lowest BCUT2D eigenvalue weighted by molar-refractivity contribution is -0.392. The fourth-order valence-corrected chi connectivity index (χ4v) is 2.07. The first-order valence-corrected chi connectivity index (χ1v) is 5.98. The second-order valence-corrected chi connectivity index (χ2v) is 4.32. The lowest BCUT2D eigenvalue weighted by Gasteiger charge is -2.06. The monoisotopic (exact) mass is 269 g/mol. The summed E-state index contributed by atoms with van der Waals surface area (Å²) in [5.41, 5.74) is 0. The second-order valence-electron chi connectivity index (χ2n) is 4.32. The van der Waals surface area contributed by atoms with E-state index >= 15 is 0 Å². The summed E-state index contributed by atoms with van der Waals surface area (Å²) in [4.78, 5) is 14.5. The van der Waals surface area contributed by atoms with Crippen molar-refractivity contribution in [2.75, 3.05) is 0 Å². The van der Waals surface area contributed by atoms with E-state index in [1.165, 1.54) is 10.9 Å². The van der Waals surface area contributed by atoms with Crippen molar-refractivity contribution in [2.45, 2.75) is 0 Å². The summed E-state index contributed by atoms with van der Waals surface area (Å²) in [6, 6.07) is 13.2. The quantitative estimate of drug-likeness (QED) is 0.540. The van der Waals surface area contributed by atoms with Crippen molar-refractivity contribution in [1.82, 2.24) is 9.55 Å². The Kier molecular flexibility index (Phi) is 2.83. The van der Waals surface area contributed by atoms with Gasteiger partial charge in [-0.15, -0.1) is 0 Å². The summed E-state index contributed by atoms with van der Waals surface area (Å²) in [6.45, 7) is 0. The maximum Gasteiger partial charge on any atom is 0.387 e. The van der Waals surface area contributed by atoms with Crippen LogP contribution in [0, 0.1) is 10.1 Å².